The lowest BCUT2D eigenvalue weighted by Gasteiger charge is -2.35. The Kier molecular flexibility index (Phi) is 4.08. The zero-order valence-electron chi connectivity index (χ0n) is 11.4. The fraction of sp³-hybridized carbons (Fsp3) is 0.462. The number of halogens is 1. The third-order valence-electron chi connectivity index (χ3n) is 3.39. The number of carboxylic acids is 1. The van der Waals surface area contributed by atoms with Crippen LogP contribution in [0.2, 0.25) is 0 Å². The lowest BCUT2D eigenvalue weighted by molar-refractivity contribution is -0.384. The maximum Gasteiger partial charge on any atom is 0.338 e. The highest BCUT2D eigenvalue weighted by atomic mass is 19.1. The molecule has 0 aromatic heterocycles. The third-order valence-corrected chi connectivity index (χ3v) is 3.39. The molecule has 1 heterocycles. The van der Waals surface area contributed by atoms with Gasteiger partial charge >= 0.3 is 5.97 Å². The molecule has 0 bridgehead atoms. The van der Waals surface area contributed by atoms with Gasteiger partial charge in [0.2, 0.25) is 0 Å². The number of aromatic carboxylic acids is 1. The summed E-state index contributed by atoms with van der Waals surface area (Å²) in [5.74, 6) is -2.56. The fourth-order valence-corrected chi connectivity index (χ4v) is 2.33. The molecule has 0 spiro atoms. The van der Waals surface area contributed by atoms with E-state index in [0.29, 0.717) is 19.6 Å². The highest BCUT2D eigenvalue weighted by Gasteiger charge is 2.31. The van der Waals surface area contributed by atoms with Crippen LogP contribution in [0.1, 0.15) is 30.1 Å². The standard InChI is InChI=1S/C13H15FN2O5/c1-13(3-2-4-21-7-13)15-10-6-9(14)8(12(17)18)5-11(10)16(19)20/h5-6,15H,2-4,7H2,1H3,(H,17,18). The van der Waals surface area contributed by atoms with Crippen LogP contribution in [0.4, 0.5) is 15.8 Å². The van der Waals surface area contributed by atoms with Gasteiger partial charge in [0.1, 0.15) is 17.1 Å². The Balaban J connectivity index is 2.40. The van der Waals surface area contributed by atoms with Gasteiger partial charge in [0.15, 0.2) is 0 Å². The van der Waals surface area contributed by atoms with Gasteiger partial charge in [0, 0.05) is 18.7 Å². The summed E-state index contributed by atoms with van der Waals surface area (Å²) in [6, 6.07) is 1.58. The second-order valence-corrected chi connectivity index (χ2v) is 5.25. The van der Waals surface area contributed by atoms with E-state index < -0.39 is 33.5 Å². The molecule has 7 nitrogen and oxygen atoms in total. The van der Waals surface area contributed by atoms with Gasteiger partial charge in [-0.05, 0) is 19.8 Å². The molecule has 0 amide bonds. The number of ether oxygens (including phenoxy) is 1. The molecule has 1 aromatic rings. The van der Waals surface area contributed by atoms with Crippen molar-refractivity contribution in [2.75, 3.05) is 18.5 Å². The minimum Gasteiger partial charge on any atom is -0.478 e. The highest BCUT2D eigenvalue weighted by molar-refractivity contribution is 5.90. The van der Waals surface area contributed by atoms with Gasteiger partial charge in [0.25, 0.3) is 5.69 Å². The summed E-state index contributed by atoms with van der Waals surface area (Å²) in [7, 11) is 0. The number of hydrogen-bond acceptors (Lipinski definition) is 5. The molecule has 1 unspecified atom stereocenters. The van der Waals surface area contributed by atoms with Gasteiger partial charge in [-0.1, -0.05) is 0 Å². The van der Waals surface area contributed by atoms with E-state index in [0.717, 1.165) is 18.6 Å². The maximum atomic E-state index is 13.7. The van der Waals surface area contributed by atoms with Crippen LogP contribution in [0.5, 0.6) is 0 Å². The molecule has 1 atom stereocenters. The number of carbonyl (C=O) groups is 1. The number of nitrogens with zero attached hydrogens (tertiary/aromatic N) is 1. The lowest BCUT2D eigenvalue weighted by atomic mass is 9.94. The molecule has 1 aliphatic heterocycles. The normalized spacial score (nSPS) is 21.8. The first kappa shape index (κ1) is 15.2. The second-order valence-electron chi connectivity index (χ2n) is 5.25. The molecule has 21 heavy (non-hydrogen) atoms. The molecule has 1 aromatic carbocycles. The molecule has 1 saturated heterocycles. The minimum atomic E-state index is -1.55. The van der Waals surface area contributed by atoms with Crippen LogP contribution in [-0.4, -0.2) is 34.8 Å². The van der Waals surface area contributed by atoms with Crippen molar-refractivity contribution in [1.82, 2.24) is 0 Å². The number of nitro benzene ring substituents is 1. The average Bonchev–Trinajstić information content (AvgIpc) is 2.38. The van der Waals surface area contributed by atoms with Gasteiger partial charge in [-0.25, -0.2) is 9.18 Å². The zero-order valence-corrected chi connectivity index (χ0v) is 11.4. The molecule has 2 rings (SSSR count). The van der Waals surface area contributed by atoms with Crippen LogP contribution in [0.3, 0.4) is 0 Å². The first-order valence-corrected chi connectivity index (χ1v) is 6.39. The van der Waals surface area contributed by atoms with Crippen molar-refractivity contribution in [3.63, 3.8) is 0 Å². The zero-order chi connectivity index (χ0) is 15.6. The van der Waals surface area contributed by atoms with Crippen LogP contribution in [0, 0.1) is 15.9 Å². The number of benzene rings is 1. The molecule has 2 N–H and O–H groups in total. The molecule has 114 valence electrons. The van der Waals surface area contributed by atoms with Gasteiger partial charge in [-0.2, -0.15) is 0 Å². The number of nitro groups is 1. The van der Waals surface area contributed by atoms with Gasteiger partial charge in [-0.3, -0.25) is 10.1 Å². The lowest BCUT2D eigenvalue weighted by Crippen LogP contribution is -2.43. The Bertz CT molecular complexity index is 584. The van der Waals surface area contributed by atoms with E-state index >= 15 is 0 Å². The Morgan fingerprint density at radius 3 is 2.81 bits per heavy atom. The van der Waals surface area contributed by atoms with Crippen LogP contribution in [-0.2, 0) is 4.74 Å². The Morgan fingerprint density at radius 1 is 1.57 bits per heavy atom. The van der Waals surface area contributed by atoms with Crippen molar-refractivity contribution >= 4 is 17.3 Å². The molecule has 1 fully saturated rings. The molecule has 8 heteroatoms. The molecular weight excluding hydrogens is 283 g/mol. The summed E-state index contributed by atoms with van der Waals surface area (Å²) in [4.78, 5) is 21.2. The van der Waals surface area contributed by atoms with E-state index in [1.807, 2.05) is 6.92 Å². The summed E-state index contributed by atoms with van der Waals surface area (Å²) in [5, 5.41) is 22.8. The van der Waals surface area contributed by atoms with Crippen molar-refractivity contribution in [1.29, 1.82) is 0 Å². The van der Waals surface area contributed by atoms with Crippen LogP contribution >= 0.6 is 0 Å². The predicted molar refractivity (Wildman–Crippen MR) is 72.1 cm³/mol. The van der Waals surface area contributed by atoms with E-state index in [2.05, 4.69) is 5.32 Å². The topological polar surface area (TPSA) is 102 Å². The minimum absolute atomic E-state index is 0.0458. The summed E-state index contributed by atoms with van der Waals surface area (Å²) < 4.78 is 19.1. The number of hydrogen-bond donors (Lipinski definition) is 2. The largest absolute Gasteiger partial charge is 0.478 e. The van der Waals surface area contributed by atoms with E-state index in [9.17, 15) is 19.3 Å². The Labute approximate surface area is 119 Å². The average molecular weight is 298 g/mol. The SMILES string of the molecule is CC1(Nc2cc(F)c(C(=O)O)cc2[N+](=O)[O-])CCCOC1. The summed E-state index contributed by atoms with van der Waals surface area (Å²) in [5.41, 5.74) is -1.80. The van der Waals surface area contributed by atoms with Crippen molar-refractivity contribution in [3.05, 3.63) is 33.6 Å². The Morgan fingerprint density at radius 2 is 2.29 bits per heavy atom. The monoisotopic (exact) mass is 298 g/mol. The fourth-order valence-electron chi connectivity index (χ4n) is 2.33. The molecule has 0 saturated carbocycles. The van der Waals surface area contributed by atoms with E-state index in [-0.39, 0.29) is 5.69 Å². The molecule has 0 radical (unpaired) electrons. The molecule has 1 aliphatic rings. The summed E-state index contributed by atoms with van der Waals surface area (Å²) in [6.07, 6.45) is 1.50. The highest BCUT2D eigenvalue weighted by Crippen LogP contribution is 2.32. The van der Waals surface area contributed by atoms with Crippen LogP contribution < -0.4 is 5.32 Å². The van der Waals surface area contributed by atoms with E-state index in [1.54, 1.807) is 0 Å². The number of nitrogens with one attached hydrogen (secondary N) is 1. The summed E-state index contributed by atoms with van der Waals surface area (Å²) in [6.45, 7) is 2.77. The molecule has 0 aliphatic carbocycles. The first-order valence-electron chi connectivity index (χ1n) is 6.39. The van der Waals surface area contributed by atoms with Crippen molar-refractivity contribution in [2.24, 2.45) is 0 Å². The van der Waals surface area contributed by atoms with Gasteiger partial charge in [-0.15, -0.1) is 0 Å². The van der Waals surface area contributed by atoms with Crippen LogP contribution in [0.25, 0.3) is 0 Å². The number of carboxylic acid groups (broad SMARTS) is 1. The second kappa shape index (κ2) is 5.65. The first-order chi connectivity index (χ1) is 9.82. The maximum absolute atomic E-state index is 13.7. The van der Waals surface area contributed by atoms with Crippen molar-refractivity contribution < 1.29 is 24.0 Å². The van der Waals surface area contributed by atoms with E-state index in [1.165, 1.54) is 0 Å². The van der Waals surface area contributed by atoms with Crippen LogP contribution in [0.15, 0.2) is 12.1 Å². The van der Waals surface area contributed by atoms with E-state index in [4.69, 9.17) is 9.84 Å². The van der Waals surface area contributed by atoms with Gasteiger partial charge < -0.3 is 15.2 Å². The Hall–Kier alpha value is -2.22. The van der Waals surface area contributed by atoms with Gasteiger partial charge in [0.05, 0.1) is 17.1 Å². The smallest absolute Gasteiger partial charge is 0.338 e. The summed E-state index contributed by atoms with van der Waals surface area (Å²) >= 11 is 0. The predicted octanol–water partition coefficient (Wildman–Crippen LogP) is 2.41. The molecular formula is C13H15FN2O5. The number of rotatable bonds is 4. The quantitative estimate of drug-likeness (QED) is 0.653. The third kappa shape index (κ3) is 3.27. The van der Waals surface area contributed by atoms with Crippen molar-refractivity contribution in [3.8, 4) is 0 Å². The number of anilines is 1. The van der Waals surface area contributed by atoms with Crippen molar-refractivity contribution in [2.45, 2.75) is 25.3 Å².